The Bertz CT molecular complexity index is 353. The minimum absolute atomic E-state index is 0.598. The Morgan fingerprint density at radius 1 is 1.39 bits per heavy atom. The lowest BCUT2D eigenvalue weighted by Crippen LogP contribution is -2.45. The number of nitrogens with zero attached hydrogens (tertiary/aromatic N) is 1. The third-order valence-corrected chi connectivity index (χ3v) is 5.35. The van der Waals surface area contributed by atoms with Crippen molar-refractivity contribution in [3.8, 4) is 0 Å². The summed E-state index contributed by atoms with van der Waals surface area (Å²) >= 11 is 1.90. The van der Waals surface area contributed by atoms with Gasteiger partial charge in [-0.05, 0) is 50.6 Å². The van der Waals surface area contributed by atoms with Crippen molar-refractivity contribution in [1.29, 1.82) is 0 Å². The summed E-state index contributed by atoms with van der Waals surface area (Å²) in [4.78, 5) is 4.27. The van der Waals surface area contributed by atoms with Gasteiger partial charge in [0.25, 0.3) is 0 Å². The van der Waals surface area contributed by atoms with Crippen LogP contribution >= 0.6 is 11.3 Å². The summed E-state index contributed by atoms with van der Waals surface area (Å²) in [5, 5.41) is 5.90. The van der Waals surface area contributed by atoms with Gasteiger partial charge >= 0.3 is 0 Å². The van der Waals surface area contributed by atoms with Crippen LogP contribution in [0.1, 0.15) is 49.9 Å². The van der Waals surface area contributed by atoms with E-state index in [0.29, 0.717) is 6.04 Å². The first-order valence-corrected chi connectivity index (χ1v) is 8.25. The van der Waals surface area contributed by atoms with Crippen molar-refractivity contribution in [2.45, 2.75) is 57.2 Å². The Balaban J connectivity index is 1.64. The molecule has 3 heteroatoms. The molecule has 1 saturated carbocycles. The molecule has 0 spiro atoms. The number of thiophene rings is 1. The van der Waals surface area contributed by atoms with Crippen molar-refractivity contribution in [1.82, 2.24) is 10.2 Å². The lowest BCUT2D eigenvalue weighted by Gasteiger charge is -2.34. The van der Waals surface area contributed by atoms with E-state index in [0.717, 1.165) is 12.1 Å². The maximum atomic E-state index is 3.69. The van der Waals surface area contributed by atoms with Crippen molar-refractivity contribution in [2.75, 3.05) is 13.1 Å². The van der Waals surface area contributed by atoms with Crippen LogP contribution in [0.25, 0.3) is 0 Å². The largest absolute Gasteiger partial charge is 0.313 e. The third-order valence-electron chi connectivity index (χ3n) is 4.31. The topological polar surface area (TPSA) is 15.3 Å². The Morgan fingerprint density at radius 3 is 2.89 bits per heavy atom. The number of hydrogen-bond donors (Lipinski definition) is 1. The first-order valence-electron chi connectivity index (χ1n) is 7.37. The fourth-order valence-corrected chi connectivity index (χ4v) is 3.86. The van der Waals surface area contributed by atoms with Crippen LogP contribution in [0.5, 0.6) is 0 Å². The Labute approximate surface area is 114 Å². The van der Waals surface area contributed by atoms with E-state index < -0.39 is 0 Å². The fourth-order valence-electron chi connectivity index (χ4n) is 3.06. The van der Waals surface area contributed by atoms with Gasteiger partial charge in [-0.3, -0.25) is 4.90 Å². The molecule has 2 aliphatic rings. The molecule has 18 heavy (non-hydrogen) atoms. The molecule has 3 rings (SSSR count). The lowest BCUT2D eigenvalue weighted by molar-refractivity contribution is 0.169. The van der Waals surface area contributed by atoms with Gasteiger partial charge in [-0.2, -0.15) is 0 Å². The molecular formula is C15H24N2S. The van der Waals surface area contributed by atoms with E-state index in [-0.39, 0.29) is 0 Å². The highest BCUT2D eigenvalue weighted by atomic mass is 32.1. The Morgan fingerprint density at radius 2 is 2.28 bits per heavy atom. The molecule has 2 nitrogen and oxygen atoms in total. The summed E-state index contributed by atoms with van der Waals surface area (Å²) in [6, 6.07) is 6.65. The number of nitrogens with one attached hydrogen (secondary N) is 1. The molecule has 1 aliphatic heterocycles. The maximum Gasteiger partial charge on any atom is 0.0416 e. The summed E-state index contributed by atoms with van der Waals surface area (Å²) in [5.74, 6) is 0. The molecule has 1 aliphatic carbocycles. The molecule has 2 fully saturated rings. The monoisotopic (exact) mass is 264 g/mol. The molecule has 2 heterocycles. The average molecular weight is 264 g/mol. The van der Waals surface area contributed by atoms with E-state index >= 15 is 0 Å². The first-order chi connectivity index (χ1) is 8.84. The van der Waals surface area contributed by atoms with Gasteiger partial charge in [0, 0.05) is 29.5 Å². The molecule has 0 amide bonds. The van der Waals surface area contributed by atoms with Crippen LogP contribution in [0.15, 0.2) is 17.5 Å². The van der Waals surface area contributed by atoms with Gasteiger partial charge in [-0.15, -0.1) is 11.3 Å². The molecule has 2 atom stereocenters. The molecule has 100 valence electrons. The van der Waals surface area contributed by atoms with E-state index in [1.54, 1.807) is 0 Å². The standard InChI is InChI=1S/C15H24N2S/c1-12(15-6-4-10-18-15)17(14-7-8-14)11-13-5-2-3-9-16-13/h4,6,10,12-14,16H,2-3,5,7-9,11H2,1H3. The van der Waals surface area contributed by atoms with E-state index in [9.17, 15) is 0 Å². The van der Waals surface area contributed by atoms with Crippen molar-refractivity contribution in [3.63, 3.8) is 0 Å². The molecule has 1 saturated heterocycles. The minimum atomic E-state index is 0.598. The average Bonchev–Trinajstić information content (AvgIpc) is 3.10. The Kier molecular flexibility index (Phi) is 4.02. The molecule has 1 aromatic rings. The molecule has 0 bridgehead atoms. The van der Waals surface area contributed by atoms with E-state index in [1.807, 2.05) is 11.3 Å². The minimum Gasteiger partial charge on any atom is -0.313 e. The van der Waals surface area contributed by atoms with Gasteiger partial charge in [0.15, 0.2) is 0 Å². The second kappa shape index (κ2) is 5.72. The van der Waals surface area contributed by atoms with Gasteiger partial charge in [0.2, 0.25) is 0 Å². The van der Waals surface area contributed by atoms with Gasteiger partial charge in [0.1, 0.15) is 0 Å². The van der Waals surface area contributed by atoms with Crippen molar-refractivity contribution in [3.05, 3.63) is 22.4 Å². The van der Waals surface area contributed by atoms with E-state index in [1.165, 1.54) is 50.1 Å². The van der Waals surface area contributed by atoms with Crippen molar-refractivity contribution in [2.24, 2.45) is 0 Å². The molecule has 2 unspecified atom stereocenters. The van der Waals surface area contributed by atoms with Gasteiger partial charge in [-0.1, -0.05) is 12.5 Å². The zero-order valence-electron chi connectivity index (χ0n) is 11.3. The predicted molar refractivity (Wildman–Crippen MR) is 78.1 cm³/mol. The second-order valence-electron chi connectivity index (χ2n) is 5.77. The van der Waals surface area contributed by atoms with Crippen LogP contribution in [-0.2, 0) is 0 Å². The highest BCUT2D eigenvalue weighted by molar-refractivity contribution is 7.10. The highest BCUT2D eigenvalue weighted by Crippen LogP contribution is 2.36. The van der Waals surface area contributed by atoms with E-state index in [2.05, 4.69) is 34.7 Å². The van der Waals surface area contributed by atoms with Crippen LogP contribution in [0.3, 0.4) is 0 Å². The number of rotatable bonds is 5. The zero-order valence-corrected chi connectivity index (χ0v) is 12.1. The maximum absolute atomic E-state index is 3.69. The lowest BCUT2D eigenvalue weighted by atomic mass is 10.0. The fraction of sp³-hybridized carbons (Fsp3) is 0.733. The first kappa shape index (κ1) is 12.6. The summed E-state index contributed by atoms with van der Waals surface area (Å²) in [6.07, 6.45) is 6.94. The van der Waals surface area contributed by atoms with Crippen LogP contribution in [-0.4, -0.2) is 30.1 Å². The quantitative estimate of drug-likeness (QED) is 0.876. The summed E-state index contributed by atoms with van der Waals surface area (Å²) < 4.78 is 0. The van der Waals surface area contributed by atoms with Gasteiger partial charge < -0.3 is 5.32 Å². The van der Waals surface area contributed by atoms with Crippen molar-refractivity contribution < 1.29 is 0 Å². The molecule has 1 aromatic heterocycles. The second-order valence-corrected chi connectivity index (χ2v) is 6.75. The SMILES string of the molecule is CC(c1cccs1)N(CC1CCCCN1)C1CC1. The summed E-state index contributed by atoms with van der Waals surface area (Å²) in [5.41, 5.74) is 0. The third kappa shape index (κ3) is 2.95. The molecule has 1 N–H and O–H groups in total. The summed E-state index contributed by atoms with van der Waals surface area (Å²) in [6.45, 7) is 4.84. The van der Waals surface area contributed by atoms with Crippen molar-refractivity contribution >= 4 is 11.3 Å². The van der Waals surface area contributed by atoms with E-state index in [4.69, 9.17) is 0 Å². The normalized spacial score (nSPS) is 26.4. The van der Waals surface area contributed by atoms with Gasteiger partial charge in [0.05, 0.1) is 0 Å². The van der Waals surface area contributed by atoms with Crippen LogP contribution in [0, 0.1) is 0 Å². The smallest absolute Gasteiger partial charge is 0.0416 e. The molecular weight excluding hydrogens is 240 g/mol. The Hall–Kier alpha value is -0.380. The summed E-state index contributed by atoms with van der Waals surface area (Å²) in [7, 11) is 0. The number of piperidine rings is 1. The molecule has 0 aromatic carbocycles. The zero-order chi connectivity index (χ0) is 12.4. The van der Waals surface area contributed by atoms with Crippen LogP contribution < -0.4 is 5.32 Å². The number of hydrogen-bond acceptors (Lipinski definition) is 3. The van der Waals surface area contributed by atoms with Crippen LogP contribution in [0.2, 0.25) is 0 Å². The highest BCUT2D eigenvalue weighted by Gasteiger charge is 2.34. The van der Waals surface area contributed by atoms with Gasteiger partial charge in [-0.25, -0.2) is 0 Å². The molecule has 0 radical (unpaired) electrons. The van der Waals surface area contributed by atoms with Crippen LogP contribution in [0.4, 0.5) is 0 Å². The predicted octanol–water partition coefficient (Wildman–Crippen LogP) is 3.42.